The molecule has 0 saturated carbocycles. The monoisotopic (exact) mass is 475 g/mol. The van der Waals surface area contributed by atoms with Crippen molar-refractivity contribution < 1.29 is 22.0 Å². The van der Waals surface area contributed by atoms with Crippen molar-refractivity contribution in [2.24, 2.45) is 0 Å². The molecule has 3 heterocycles. The Labute approximate surface area is 186 Å². The molecule has 0 spiro atoms. The van der Waals surface area contributed by atoms with Crippen molar-refractivity contribution in [2.45, 2.75) is 19.4 Å². The first-order valence-corrected chi connectivity index (χ1v) is 10.3. The van der Waals surface area contributed by atoms with Gasteiger partial charge in [0.25, 0.3) is 11.8 Å². The van der Waals surface area contributed by atoms with Gasteiger partial charge in [-0.25, -0.2) is 18.4 Å². The molecule has 8 nitrogen and oxygen atoms in total. The zero-order chi connectivity index (χ0) is 23.3. The lowest BCUT2D eigenvalue weighted by Crippen LogP contribution is -2.11. The molecule has 0 aliphatic heterocycles. The zero-order valence-electron chi connectivity index (χ0n) is 16.7. The van der Waals surface area contributed by atoms with Crippen molar-refractivity contribution in [3.05, 3.63) is 59.6 Å². The van der Waals surface area contributed by atoms with E-state index in [9.17, 15) is 17.6 Å². The molecule has 2 aromatic carbocycles. The van der Waals surface area contributed by atoms with E-state index in [1.807, 2.05) is 18.2 Å². The number of rotatable bonds is 5. The van der Waals surface area contributed by atoms with Gasteiger partial charge in [-0.15, -0.1) is 15.3 Å². The van der Waals surface area contributed by atoms with Gasteiger partial charge < -0.3 is 10.2 Å². The first-order chi connectivity index (χ1) is 15.8. The molecule has 0 fully saturated rings. The lowest BCUT2D eigenvalue weighted by atomic mass is 10.0. The summed E-state index contributed by atoms with van der Waals surface area (Å²) in [5, 5.41) is 15.1. The third kappa shape index (κ3) is 3.69. The Hall–Kier alpha value is -3.87. The predicted octanol–water partition coefficient (Wildman–Crippen LogP) is 5.01. The molecular formula is C20H13F4N7OS. The van der Waals surface area contributed by atoms with E-state index in [1.165, 1.54) is 28.2 Å². The van der Waals surface area contributed by atoms with Gasteiger partial charge in [0.1, 0.15) is 5.69 Å². The van der Waals surface area contributed by atoms with Crippen LogP contribution >= 0.6 is 11.3 Å². The number of nitrogens with two attached hydrogens (primary N) is 1. The fourth-order valence-corrected chi connectivity index (χ4v) is 4.10. The minimum atomic E-state index is -3.02. The van der Waals surface area contributed by atoms with Crippen LogP contribution in [-0.2, 0) is 0 Å². The van der Waals surface area contributed by atoms with Crippen LogP contribution in [0.15, 0.2) is 40.9 Å². The molecule has 0 aliphatic rings. The van der Waals surface area contributed by atoms with Crippen LogP contribution in [0.1, 0.15) is 30.8 Å². The standard InChI is InChI=1S/C20H13F4N7OS/c1-8(10-3-4-11(16(22)15(10)21)18-28-29-19(32-18)17(23)24)31-7-13(27-30-31)9-2-5-12-14(6-9)33-20(25)26-12/h2-8,17H,1H3,(H2,25,26)/t8-/m1/s1. The van der Waals surface area contributed by atoms with Crippen LogP contribution in [0.5, 0.6) is 0 Å². The SMILES string of the molecule is C[C@H](c1ccc(-c2nnc(C(F)F)o2)c(F)c1F)n1cc(-c2ccc3nc(N)sc3c2)nn1. The number of benzene rings is 2. The van der Waals surface area contributed by atoms with Crippen molar-refractivity contribution in [3.63, 3.8) is 0 Å². The molecule has 1 atom stereocenters. The minimum Gasteiger partial charge on any atom is -0.415 e. The third-order valence-electron chi connectivity index (χ3n) is 5.03. The summed E-state index contributed by atoms with van der Waals surface area (Å²) in [4.78, 5) is 4.20. The van der Waals surface area contributed by atoms with E-state index in [2.05, 4.69) is 25.5 Å². The number of nitrogens with zero attached hydrogens (tertiary/aromatic N) is 6. The molecular weight excluding hydrogens is 462 g/mol. The summed E-state index contributed by atoms with van der Waals surface area (Å²) < 4.78 is 61.9. The number of alkyl halides is 2. The summed E-state index contributed by atoms with van der Waals surface area (Å²) >= 11 is 1.34. The molecule has 13 heteroatoms. The second-order valence-corrected chi connectivity index (χ2v) is 8.13. The van der Waals surface area contributed by atoms with Gasteiger partial charge in [0, 0.05) is 11.1 Å². The van der Waals surface area contributed by atoms with E-state index < -0.39 is 41.4 Å². The Bertz CT molecular complexity index is 1480. The molecule has 3 aromatic heterocycles. The van der Waals surface area contributed by atoms with Crippen molar-refractivity contribution in [2.75, 3.05) is 5.73 Å². The van der Waals surface area contributed by atoms with Crippen LogP contribution in [0.4, 0.5) is 22.7 Å². The molecule has 168 valence electrons. The smallest absolute Gasteiger partial charge is 0.314 e. The van der Waals surface area contributed by atoms with Gasteiger partial charge in [-0.3, -0.25) is 0 Å². The van der Waals surface area contributed by atoms with Crippen molar-refractivity contribution in [3.8, 4) is 22.7 Å². The minimum absolute atomic E-state index is 0.0213. The van der Waals surface area contributed by atoms with Gasteiger partial charge in [0.15, 0.2) is 16.8 Å². The predicted molar refractivity (Wildman–Crippen MR) is 111 cm³/mol. The van der Waals surface area contributed by atoms with Crippen molar-refractivity contribution in [1.82, 2.24) is 30.2 Å². The fraction of sp³-hybridized carbons (Fsp3) is 0.150. The summed E-state index contributed by atoms with van der Waals surface area (Å²) in [5.74, 6) is -3.99. The maximum Gasteiger partial charge on any atom is 0.314 e. The first kappa shape index (κ1) is 21.0. The molecule has 0 radical (unpaired) electrons. The average molecular weight is 475 g/mol. The van der Waals surface area contributed by atoms with Crippen LogP contribution < -0.4 is 5.73 Å². The quantitative estimate of drug-likeness (QED) is 0.356. The molecule has 0 aliphatic carbocycles. The lowest BCUT2D eigenvalue weighted by molar-refractivity contribution is 0.116. The Balaban J connectivity index is 1.45. The Morgan fingerprint density at radius 2 is 1.88 bits per heavy atom. The number of thiazole rings is 1. The van der Waals surface area contributed by atoms with E-state index in [1.54, 1.807) is 13.1 Å². The number of hydrogen-bond donors (Lipinski definition) is 1. The van der Waals surface area contributed by atoms with E-state index in [0.717, 1.165) is 15.8 Å². The van der Waals surface area contributed by atoms with Gasteiger partial charge in [0.05, 0.1) is 28.0 Å². The maximum atomic E-state index is 14.9. The van der Waals surface area contributed by atoms with E-state index >= 15 is 0 Å². The van der Waals surface area contributed by atoms with Gasteiger partial charge in [-0.05, 0) is 25.1 Å². The van der Waals surface area contributed by atoms with Gasteiger partial charge in [-0.1, -0.05) is 28.7 Å². The summed E-state index contributed by atoms with van der Waals surface area (Å²) in [6, 6.07) is 7.26. The number of anilines is 1. The van der Waals surface area contributed by atoms with Gasteiger partial charge in [-0.2, -0.15) is 8.78 Å². The summed E-state index contributed by atoms with van der Waals surface area (Å²) in [6.07, 6.45) is -1.41. The van der Waals surface area contributed by atoms with Crippen molar-refractivity contribution in [1.29, 1.82) is 0 Å². The Morgan fingerprint density at radius 1 is 1.06 bits per heavy atom. The fourth-order valence-electron chi connectivity index (χ4n) is 3.33. The van der Waals surface area contributed by atoms with E-state index in [0.29, 0.717) is 10.8 Å². The summed E-state index contributed by atoms with van der Waals surface area (Å²) in [7, 11) is 0. The molecule has 0 saturated heterocycles. The van der Waals surface area contributed by atoms with Crippen LogP contribution in [0, 0.1) is 11.6 Å². The summed E-state index contributed by atoms with van der Waals surface area (Å²) in [6.45, 7) is 1.62. The molecule has 5 aromatic rings. The van der Waals surface area contributed by atoms with Crippen molar-refractivity contribution >= 4 is 26.7 Å². The molecule has 0 bridgehead atoms. The highest BCUT2D eigenvalue weighted by atomic mass is 32.1. The Kier molecular flexibility index (Phi) is 5.04. The number of hydrogen-bond acceptors (Lipinski definition) is 8. The first-order valence-electron chi connectivity index (χ1n) is 9.50. The Morgan fingerprint density at radius 3 is 2.64 bits per heavy atom. The second kappa shape index (κ2) is 7.92. The zero-order valence-corrected chi connectivity index (χ0v) is 17.5. The van der Waals surface area contributed by atoms with Crippen LogP contribution in [-0.4, -0.2) is 30.2 Å². The molecule has 33 heavy (non-hydrogen) atoms. The lowest BCUT2D eigenvalue weighted by Gasteiger charge is -2.14. The highest BCUT2D eigenvalue weighted by Gasteiger charge is 2.24. The highest BCUT2D eigenvalue weighted by molar-refractivity contribution is 7.22. The number of halogens is 4. The van der Waals surface area contributed by atoms with E-state index in [-0.39, 0.29) is 5.56 Å². The number of aromatic nitrogens is 6. The van der Waals surface area contributed by atoms with Crippen LogP contribution in [0.25, 0.3) is 32.9 Å². The summed E-state index contributed by atoms with van der Waals surface area (Å²) in [5.41, 5.74) is 7.35. The normalized spacial score (nSPS) is 12.7. The highest BCUT2D eigenvalue weighted by Crippen LogP contribution is 2.32. The topological polar surface area (TPSA) is 109 Å². The molecule has 0 amide bonds. The van der Waals surface area contributed by atoms with E-state index in [4.69, 9.17) is 10.2 Å². The van der Waals surface area contributed by atoms with Crippen LogP contribution in [0.2, 0.25) is 0 Å². The number of nitrogen functional groups attached to an aromatic ring is 1. The number of fused-ring (bicyclic) bond motifs is 1. The largest absolute Gasteiger partial charge is 0.415 e. The average Bonchev–Trinajstić information content (AvgIpc) is 3.53. The molecule has 2 N–H and O–H groups in total. The van der Waals surface area contributed by atoms with Gasteiger partial charge >= 0.3 is 6.43 Å². The maximum absolute atomic E-state index is 14.9. The third-order valence-corrected chi connectivity index (χ3v) is 5.88. The van der Waals surface area contributed by atoms with Gasteiger partial charge in [0.2, 0.25) is 0 Å². The second-order valence-electron chi connectivity index (χ2n) is 7.07. The molecule has 0 unspecified atom stereocenters. The molecule has 5 rings (SSSR count). The van der Waals surface area contributed by atoms with Crippen LogP contribution in [0.3, 0.4) is 0 Å².